The van der Waals surface area contributed by atoms with Crippen LogP contribution in [0, 0.1) is 6.92 Å². The van der Waals surface area contributed by atoms with E-state index in [1.807, 2.05) is 6.92 Å². The number of hydrogen-bond acceptors (Lipinski definition) is 2. The van der Waals surface area contributed by atoms with E-state index in [0.717, 1.165) is 23.9 Å². The van der Waals surface area contributed by atoms with Gasteiger partial charge in [0.2, 0.25) is 5.91 Å². The number of rotatable bonds is 2. The third-order valence-corrected chi connectivity index (χ3v) is 5.11. The van der Waals surface area contributed by atoms with E-state index in [1.54, 1.807) is 11.8 Å². The number of carbonyl (C=O) groups is 1. The average Bonchev–Trinajstić information content (AvgIpc) is 2.74. The van der Waals surface area contributed by atoms with E-state index in [4.69, 9.17) is 0 Å². The molecule has 1 aliphatic heterocycles. The van der Waals surface area contributed by atoms with Crippen molar-refractivity contribution >= 4 is 21.8 Å². The molecule has 1 fully saturated rings. The lowest BCUT2D eigenvalue weighted by Gasteiger charge is -2.35. The van der Waals surface area contributed by atoms with Crippen LogP contribution in [0.2, 0.25) is 0 Å². The molecule has 2 unspecified atom stereocenters. The van der Waals surface area contributed by atoms with Crippen LogP contribution < -0.4 is 0 Å². The first-order chi connectivity index (χ1) is 10.1. The lowest BCUT2D eigenvalue weighted by molar-refractivity contribution is -0.143. The number of nitrogens with zero attached hydrogens (tertiary/aromatic N) is 3. The van der Waals surface area contributed by atoms with Crippen LogP contribution in [0.3, 0.4) is 0 Å². The summed E-state index contributed by atoms with van der Waals surface area (Å²) in [4.78, 5) is 14.3. The molecule has 1 aromatic rings. The summed E-state index contributed by atoms with van der Waals surface area (Å²) in [5.74, 6) is -0.181. The highest BCUT2D eigenvalue weighted by molar-refractivity contribution is 9.10. The smallest absolute Gasteiger partial charge is 0.338 e. The van der Waals surface area contributed by atoms with Crippen molar-refractivity contribution in [1.82, 2.24) is 14.7 Å². The van der Waals surface area contributed by atoms with Crippen LogP contribution in [-0.2, 0) is 11.0 Å². The van der Waals surface area contributed by atoms with Crippen molar-refractivity contribution in [3.8, 4) is 0 Å². The normalized spacial score (nSPS) is 21.0. The van der Waals surface area contributed by atoms with Gasteiger partial charge in [0.05, 0.1) is 10.2 Å². The topological polar surface area (TPSA) is 38.1 Å². The van der Waals surface area contributed by atoms with E-state index >= 15 is 0 Å². The molecule has 0 spiro atoms. The summed E-state index contributed by atoms with van der Waals surface area (Å²) in [6, 6.07) is -0.641. The number of amides is 1. The molecule has 2 heterocycles. The first-order valence-corrected chi connectivity index (χ1v) is 8.06. The molecule has 0 N–H and O–H groups in total. The average molecular weight is 382 g/mol. The third kappa shape index (κ3) is 3.16. The standard InChI is InChI=1S/C14H19BrF3N3O/c1-8-6-4-5-7-20(8)13(22)10(3)21-9(2)11(15)12(19-21)14(16,17)18/h8,10H,4-7H2,1-3H3. The Labute approximate surface area is 135 Å². The van der Waals surface area contributed by atoms with E-state index in [0.29, 0.717) is 12.2 Å². The van der Waals surface area contributed by atoms with Gasteiger partial charge in [-0.2, -0.15) is 18.3 Å². The summed E-state index contributed by atoms with van der Waals surface area (Å²) >= 11 is 2.93. The molecule has 124 valence electrons. The van der Waals surface area contributed by atoms with E-state index in [2.05, 4.69) is 21.0 Å². The first kappa shape index (κ1) is 17.3. The van der Waals surface area contributed by atoms with Crippen LogP contribution >= 0.6 is 15.9 Å². The Morgan fingerprint density at radius 2 is 2.05 bits per heavy atom. The van der Waals surface area contributed by atoms with Gasteiger partial charge in [0, 0.05) is 12.6 Å². The van der Waals surface area contributed by atoms with Crippen LogP contribution in [0.4, 0.5) is 13.2 Å². The fraction of sp³-hybridized carbons (Fsp3) is 0.714. The monoisotopic (exact) mass is 381 g/mol. The molecule has 1 aliphatic rings. The Kier molecular flexibility index (Phi) is 4.89. The maximum absolute atomic E-state index is 12.9. The molecule has 0 aliphatic carbocycles. The molecule has 1 aromatic heterocycles. The molecule has 2 atom stereocenters. The van der Waals surface area contributed by atoms with Crippen molar-refractivity contribution in [2.45, 2.75) is 58.3 Å². The first-order valence-electron chi connectivity index (χ1n) is 7.27. The number of likely N-dealkylation sites (tertiary alicyclic amines) is 1. The van der Waals surface area contributed by atoms with Crippen LogP contribution in [0.1, 0.15) is 50.5 Å². The second-order valence-electron chi connectivity index (χ2n) is 5.74. The third-order valence-electron chi connectivity index (χ3n) is 4.16. The van der Waals surface area contributed by atoms with Crippen LogP contribution in [0.15, 0.2) is 4.47 Å². The summed E-state index contributed by atoms with van der Waals surface area (Å²) in [6.07, 6.45) is -1.62. The Balaban J connectivity index is 2.29. The van der Waals surface area contributed by atoms with Crippen molar-refractivity contribution in [2.75, 3.05) is 6.54 Å². The zero-order chi connectivity index (χ0) is 16.7. The predicted octanol–water partition coefficient (Wildman–Crippen LogP) is 3.93. The number of alkyl halides is 3. The summed E-state index contributed by atoms with van der Waals surface area (Å²) in [7, 11) is 0. The van der Waals surface area contributed by atoms with Crippen molar-refractivity contribution in [3.05, 3.63) is 15.9 Å². The summed E-state index contributed by atoms with van der Waals surface area (Å²) in [5.41, 5.74) is -0.686. The largest absolute Gasteiger partial charge is 0.436 e. The quantitative estimate of drug-likeness (QED) is 0.778. The van der Waals surface area contributed by atoms with Gasteiger partial charge in [-0.05, 0) is 56.0 Å². The fourth-order valence-electron chi connectivity index (χ4n) is 2.83. The number of carbonyl (C=O) groups excluding carboxylic acids is 1. The minimum absolute atomic E-state index is 0.105. The highest BCUT2D eigenvalue weighted by Crippen LogP contribution is 2.36. The minimum Gasteiger partial charge on any atom is -0.338 e. The molecular weight excluding hydrogens is 363 g/mol. The van der Waals surface area contributed by atoms with E-state index in [-0.39, 0.29) is 16.4 Å². The van der Waals surface area contributed by atoms with E-state index in [1.165, 1.54) is 6.92 Å². The number of hydrogen-bond donors (Lipinski definition) is 0. The van der Waals surface area contributed by atoms with E-state index in [9.17, 15) is 18.0 Å². The second-order valence-corrected chi connectivity index (χ2v) is 6.54. The lowest BCUT2D eigenvalue weighted by Crippen LogP contribution is -2.45. The Hall–Kier alpha value is -1.05. The molecule has 1 saturated heterocycles. The van der Waals surface area contributed by atoms with Gasteiger partial charge in [-0.1, -0.05) is 0 Å². The molecule has 8 heteroatoms. The Morgan fingerprint density at radius 1 is 1.41 bits per heavy atom. The van der Waals surface area contributed by atoms with Gasteiger partial charge in [0.1, 0.15) is 6.04 Å². The van der Waals surface area contributed by atoms with Crippen LogP contribution in [0.25, 0.3) is 0 Å². The van der Waals surface area contributed by atoms with Gasteiger partial charge in [0.15, 0.2) is 5.69 Å². The molecule has 0 aromatic carbocycles. The molecule has 4 nitrogen and oxygen atoms in total. The SMILES string of the molecule is Cc1c(Br)c(C(F)(F)F)nn1C(C)C(=O)N1CCCCC1C. The molecule has 1 amide bonds. The van der Waals surface area contributed by atoms with Gasteiger partial charge < -0.3 is 4.90 Å². The van der Waals surface area contributed by atoms with Crippen molar-refractivity contribution in [3.63, 3.8) is 0 Å². The maximum Gasteiger partial charge on any atom is 0.436 e. The molecular formula is C14H19BrF3N3O. The van der Waals surface area contributed by atoms with Gasteiger partial charge in [-0.15, -0.1) is 0 Å². The number of halogens is 4. The molecule has 0 radical (unpaired) electrons. The Morgan fingerprint density at radius 3 is 2.55 bits per heavy atom. The van der Waals surface area contributed by atoms with Crippen molar-refractivity contribution in [2.24, 2.45) is 0 Å². The van der Waals surface area contributed by atoms with Gasteiger partial charge in [-0.3, -0.25) is 9.48 Å². The van der Waals surface area contributed by atoms with Crippen molar-refractivity contribution < 1.29 is 18.0 Å². The zero-order valence-electron chi connectivity index (χ0n) is 12.7. The lowest BCUT2D eigenvalue weighted by atomic mass is 10.0. The highest BCUT2D eigenvalue weighted by Gasteiger charge is 2.39. The highest BCUT2D eigenvalue weighted by atomic mass is 79.9. The van der Waals surface area contributed by atoms with Crippen LogP contribution in [0.5, 0.6) is 0 Å². The molecule has 0 saturated carbocycles. The van der Waals surface area contributed by atoms with Crippen LogP contribution in [-0.4, -0.2) is 33.2 Å². The zero-order valence-corrected chi connectivity index (χ0v) is 14.3. The van der Waals surface area contributed by atoms with Gasteiger partial charge in [-0.25, -0.2) is 0 Å². The maximum atomic E-state index is 12.9. The van der Waals surface area contributed by atoms with E-state index < -0.39 is 17.9 Å². The molecule has 2 rings (SSSR count). The fourth-order valence-corrected chi connectivity index (χ4v) is 3.31. The summed E-state index contributed by atoms with van der Waals surface area (Å²) in [6.45, 7) is 5.74. The van der Waals surface area contributed by atoms with Gasteiger partial charge >= 0.3 is 6.18 Å². The second kappa shape index (κ2) is 6.22. The summed E-state index contributed by atoms with van der Waals surface area (Å²) in [5, 5.41) is 3.62. The number of aromatic nitrogens is 2. The summed E-state index contributed by atoms with van der Waals surface area (Å²) < 4.78 is 39.8. The van der Waals surface area contributed by atoms with Crippen molar-refractivity contribution in [1.29, 1.82) is 0 Å². The Bertz CT molecular complexity index is 570. The van der Waals surface area contributed by atoms with Gasteiger partial charge in [0.25, 0.3) is 0 Å². The number of piperidine rings is 1. The minimum atomic E-state index is -4.55. The predicted molar refractivity (Wildman–Crippen MR) is 79.4 cm³/mol. The molecule has 22 heavy (non-hydrogen) atoms. The molecule has 0 bridgehead atoms.